The van der Waals surface area contributed by atoms with Gasteiger partial charge in [0.2, 0.25) is 0 Å². The number of carbonyl (C=O) groups excluding carboxylic acids is 1. The number of halogens is 1. The van der Waals surface area contributed by atoms with Crippen LogP contribution in [0.15, 0.2) is 18.2 Å². The molecule has 17 heavy (non-hydrogen) atoms. The lowest BCUT2D eigenvalue weighted by molar-refractivity contribution is 0.0908. The lowest BCUT2D eigenvalue weighted by Crippen LogP contribution is -2.14. The molecule has 0 N–H and O–H groups in total. The first-order valence-corrected chi connectivity index (χ1v) is 6.78. The van der Waals surface area contributed by atoms with Gasteiger partial charge in [-0.2, -0.15) is 0 Å². The third-order valence-corrected chi connectivity index (χ3v) is 3.73. The third-order valence-electron chi connectivity index (χ3n) is 3.23. The van der Waals surface area contributed by atoms with E-state index >= 15 is 0 Å². The molecule has 0 radical (unpaired) electrons. The smallest absolute Gasteiger partial charge is 0.167 e. The second-order valence-corrected chi connectivity index (χ2v) is 4.93. The molecular weight excluding hydrogens is 232 g/mol. The van der Waals surface area contributed by atoms with Crippen LogP contribution in [0.5, 0.6) is 0 Å². The number of benzene rings is 1. The highest BCUT2D eigenvalue weighted by Gasteiger charge is 2.20. The van der Waals surface area contributed by atoms with Crippen molar-refractivity contribution in [2.45, 2.75) is 46.5 Å². The Labute approximate surface area is 109 Å². The maximum atomic E-state index is 12.4. The molecule has 2 heteroatoms. The molecule has 94 valence electrons. The monoisotopic (exact) mass is 252 g/mol. The zero-order valence-corrected chi connectivity index (χ0v) is 11.7. The molecular formula is C15H21ClO. The summed E-state index contributed by atoms with van der Waals surface area (Å²) in [5.74, 6) is 0.323. The van der Waals surface area contributed by atoms with Gasteiger partial charge >= 0.3 is 0 Å². The number of hydrogen-bond donors (Lipinski definition) is 0. The molecule has 0 aliphatic heterocycles. The fourth-order valence-electron chi connectivity index (χ4n) is 2.03. The predicted octanol–water partition coefficient (Wildman–Crippen LogP) is 5.05. The molecule has 0 amide bonds. The fourth-order valence-corrected chi connectivity index (χ4v) is 2.25. The summed E-state index contributed by atoms with van der Waals surface area (Å²) in [7, 11) is 0. The number of hydrogen-bond acceptors (Lipinski definition) is 1. The Morgan fingerprint density at radius 2 is 2.06 bits per heavy atom. The van der Waals surface area contributed by atoms with Gasteiger partial charge in [-0.1, -0.05) is 50.4 Å². The first kappa shape index (κ1) is 14.2. The number of aryl methyl sites for hydroxylation is 1. The quantitative estimate of drug-likeness (QED) is 0.648. The average molecular weight is 253 g/mol. The minimum atomic E-state index is 0.120. The second-order valence-electron chi connectivity index (χ2n) is 4.55. The van der Waals surface area contributed by atoms with Crippen LogP contribution in [0.1, 0.15) is 55.5 Å². The van der Waals surface area contributed by atoms with E-state index in [1.54, 1.807) is 0 Å². The van der Waals surface area contributed by atoms with Crippen molar-refractivity contribution < 1.29 is 4.79 Å². The van der Waals surface area contributed by atoms with Crippen LogP contribution < -0.4 is 0 Å². The van der Waals surface area contributed by atoms with Gasteiger partial charge in [0, 0.05) is 11.5 Å². The highest BCUT2D eigenvalue weighted by Crippen LogP contribution is 2.26. The topological polar surface area (TPSA) is 17.1 Å². The van der Waals surface area contributed by atoms with Crippen LogP contribution in [-0.2, 0) is 0 Å². The Morgan fingerprint density at radius 1 is 1.35 bits per heavy atom. The Kier molecular flexibility index (Phi) is 5.70. The molecule has 0 spiro atoms. The molecule has 1 unspecified atom stereocenters. The van der Waals surface area contributed by atoms with Crippen LogP contribution in [0.2, 0.25) is 5.02 Å². The van der Waals surface area contributed by atoms with E-state index in [-0.39, 0.29) is 11.7 Å². The summed E-state index contributed by atoms with van der Waals surface area (Å²) in [4.78, 5) is 12.4. The van der Waals surface area contributed by atoms with Gasteiger partial charge in [-0.15, -0.1) is 0 Å². The minimum absolute atomic E-state index is 0.120. The minimum Gasteiger partial charge on any atom is -0.294 e. The van der Waals surface area contributed by atoms with Gasteiger partial charge in [-0.3, -0.25) is 4.79 Å². The highest BCUT2D eigenvalue weighted by molar-refractivity contribution is 6.34. The van der Waals surface area contributed by atoms with Crippen molar-refractivity contribution >= 4 is 17.4 Å². The van der Waals surface area contributed by atoms with Crippen LogP contribution >= 0.6 is 11.6 Å². The molecule has 1 nitrogen and oxygen atoms in total. The number of Topliss-reactive ketones (excluding diaryl/α,β-unsaturated/α-hetero) is 1. The first-order chi connectivity index (χ1) is 8.11. The molecule has 0 aromatic heterocycles. The van der Waals surface area contributed by atoms with E-state index < -0.39 is 0 Å². The highest BCUT2D eigenvalue weighted by atomic mass is 35.5. The van der Waals surface area contributed by atoms with Crippen molar-refractivity contribution in [1.82, 2.24) is 0 Å². The van der Waals surface area contributed by atoms with Crippen LogP contribution in [0.3, 0.4) is 0 Å². The molecule has 0 saturated heterocycles. The van der Waals surface area contributed by atoms with Gasteiger partial charge in [0.15, 0.2) is 5.78 Å². The first-order valence-electron chi connectivity index (χ1n) is 6.41. The van der Waals surface area contributed by atoms with Crippen molar-refractivity contribution in [1.29, 1.82) is 0 Å². The van der Waals surface area contributed by atoms with E-state index in [9.17, 15) is 4.79 Å². The van der Waals surface area contributed by atoms with Gasteiger partial charge in [-0.25, -0.2) is 0 Å². The predicted molar refractivity (Wildman–Crippen MR) is 73.8 cm³/mol. The van der Waals surface area contributed by atoms with E-state index in [0.717, 1.165) is 31.2 Å². The van der Waals surface area contributed by atoms with Gasteiger partial charge in [0.05, 0.1) is 5.02 Å². The molecule has 1 atom stereocenters. The summed E-state index contributed by atoms with van der Waals surface area (Å²) in [6, 6.07) is 5.68. The summed E-state index contributed by atoms with van der Waals surface area (Å²) < 4.78 is 0. The Hall–Kier alpha value is -0.820. The molecule has 1 aromatic carbocycles. The zero-order chi connectivity index (χ0) is 12.8. The number of unbranched alkanes of at least 4 members (excludes halogenated alkanes) is 1. The normalized spacial score (nSPS) is 12.5. The zero-order valence-electron chi connectivity index (χ0n) is 10.9. The average Bonchev–Trinajstić information content (AvgIpc) is 2.33. The Morgan fingerprint density at radius 3 is 2.65 bits per heavy atom. The molecule has 0 aliphatic carbocycles. The summed E-state index contributed by atoms with van der Waals surface area (Å²) in [6.07, 6.45) is 4.10. The molecule has 0 aliphatic rings. The van der Waals surface area contributed by atoms with Gasteiger partial charge < -0.3 is 0 Å². The standard InChI is InChI=1S/C15H21ClO/c1-4-6-9-12(5-2)15(17)13-10-7-8-11(3)14(13)16/h7-8,10,12H,4-6,9H2,1-3H3. The summed E-state index contributed by atoms with van der Waals surface area (Å²) >= 11 is 6.20. The van der Waals surface area contributed by atoms with Crippen molar-refractivity contribution in [3.63, 3.8) is 0 Å². The van der Waals surface area contributed by atoms with Gasteiger partial charge in [0.25, 0.3) is 0 Å². The van der Waals surface area contributed by atoms with Crippen molar-refractivity contribution in [2.75, 3.05) is 0 Å². The maximum absolute atomic E-state index is 12.4. The second kappa shape index (κ2) is 6.80. The summed E-state index contributed by atoms with van der Waals surface area (Å²) in [6.45, 7) is 6.16. The number of carbonyl (C=O) groups is 1. The van der Waals surface area contributed by atoms with Crippen molar-refractivity contribution in [3.05, 3.63) is 34.3 Å². The van der Waals surface area contributed by atoms with Gasteiger partial charge in [0.1, 0.15) is 0 Å². The van der Waals surface area contributed by atoms with Gasteiger partial charge in [-0.05, 0) is 31.4 Å². The van der Waals surface area contributed by atoms with Crippen LogP contribution in [0.25, 0.3) is 0 Å². The third kappa shape index (κ3) is 3.57. The maximum Gasteiger partial charge on any atom is 0.167 e. The lowest BCUT2D eigenvalue weighted by Gasteiger charge is -2.14. The van der Waals surface area contributed by atoms with Crippen molar-refractivity contribution in [2.24, 2.45) is 5.92 Å². The van der Waals surface area contributed by atoms with E-state index in [4.69, 9.17) is 11.6 Å². The Balaban J connectivity index is 2.90. The molecule has 0 heterocycles. The van der Waals surface area contributed by atoms with Crippen LogP contribution in [0, 0.1) is 12.8 Å². The Bertz CT molecular complexity index is 385. The van der Waals surface area contributed by atoms with E-state index in [1.165, 1.54) is 0 Å². The van der Waals surface area contributed by atoms with E-state index in [1.807, 2.05) is 25.1 Å². The number of rotatable bonds is 6. The fraction of sp³-hybridized carbons (Fsp3) is 0.533. The van der Waals surface area contributed by atoms with E-state index in [0.29, 0.717) is 10.6 Å². The number of ketones is 1. The lowest BCUT2D eigenvalue weighted by atomic mass is 9.90. The molecule has 0 bridgehead atoms. The van der Waals surface area contributed by atoms with Crippen LogP contribution in [0.4, 0.5) is 0 Å². The summed E-state index contributed by atoms with van der Waals surface area (Å²) in [5, 5.41) is 0.618. The molecule has 1 aromatic rings. The SMILES string of the molecule is CCCCC(CC)C(=O)c1cccc(C)c1Cl. The molecule has 0 fully saturated rings. The summed E-state index contributed by atoms with van der Waals surface area (Å²) in [5.41, 5.74) is 1.66. The molecule has 1 rings (SSSR count). The van der Waals surface area contributed by atoms with Crippen LogP contribution in [-0.4, -0.2) is 5.78 Å². The molecule has 0 saturated carbocycles. The van der Waals surface area contributed by atoms with Crippen molar-refractivity contribution in [3.8, 4) is 0 Å². The largest absolute Gasteiger partial charge is 0.294 e. The van der Waals surface area contributed by atoms with E-state index in [2.05, 4.69) is 13.8 Å².